The molecule has 164 valence electrons. The molecule has 1 heterocycles. The van der Waals surface area contributed by atoms with Gasteiger partial charge in [-0.05, 0) is 36.4 Å². The van der Waals surface area contributed by atoms with Gasteiger partial charge in [0.2, 0.25) is 0 Å². The number of hydrogen-bond acceptors (Lipinski definition) is 5. The summed E-state index contributed by atoms with van der Waals surface area (Å²) in [5.41, 5.74) is -3.42. The Morgan fingerprint density at radius 2 is 1.65 bits per heavy atom. The molecular weight excluding hydrogens is 511 g/mol. The van der Waals surface area contributed by atoms with Crippen LogP contribution in [0.15, 0.2) is 41.3 Å². The van der Waals surface area contributed by atoms with Gasteiger partial charge in [0, 0.05) is 10.0 Å². The first-order chi connectivity index (χ1) is 14.3. The fourth-order valence-electron chi connectivity index (χ4n) is 2.42. The molecule has 0 saturated carbocycles. The first-order valence-corrected chi connectivity index (χ1v) is 10.4. The number of sulfonamides is 1. The highest BCUT2D eigenvalue weighted by molar-refractivity contribution is 7.90. The molecule has 3 rings (SSSR count). The normalized spacial score (nSPS) is 12.1. The lowest BCUT2D eigenvalue weighted by Gasteiger charge is -2.12. The van der Waals surface area contributed by atoms with Crippen molar-refractivity contribution < 1.29 is 30.8 Å². The second-order valence-corrected chi connectivity index (χ2v) is 8.73. The molecule has 0 atom stereocenters. The number of hydrogen-bond donors (Lipinski definition) is 1. The summed E-state index contributed by atoms with van der Waals surface area (Å²) in [4.78, 5) is 11.3. The lowest BCUT2D eigenvalue weighted by atomic mass is 10.2. The van der Waals surface area contributed by atoms with Crippen molar-refractivity contribution in [1.29, 1.82) is 0 Å². The lowest BCUT2D eigenvalue weighted by molar-refractivity contribution is -0.143. The molecule has 0 radical (unpaired) electrons. The van der Waals surface area contributed by atoms with Gasteiger partial charge in [0.25, 0.3) is 15.9 Å². The van der Waals surface area contributed by atoms with Gasteiger partial charge < -0.3 is 0 Å². The van der Waals surface area contributed by atoms with E-state index in [1.54, 1.807) is 0 Å². The number of carbonyl (C=O) groups is 1. The number of rotatable bonds is 4. The van der Waals surface area contributed by atoms with Crippen LogP contribution < -0.4 is 4.72 Å². The fourth-order valence-corrected chi connectivity index (χ4v) is 4.20. The molecule has 31 heavy (non-hydrogen) atoms. The molecule has 7 nitrogen and oxygen atoms in total. The van der Waals surface area contributed by atoms with E-state index in [4.69, 9.17) is 34.8 Å². The molecule has 0 fully saturated rings. The number of nitrogens with one attached hydrogen (secondary N) is 1. The summed E-state index contributed by atoms with van der Waals surface area (Å²) in [5, 5.41) is 6.10. The van der Waals surface area contributed by atoms with Crippen molar-refractivity contribution in [1.82, 2.24) is 19.7 Å². The van der Waals surface area contributed by atoms with Crippen LogP contribution in [0.2, 0.25) is 15.1 Å². The summed E-state index contributed by atoms with van der Waals surface area (Å²) in [6.07, 6.45) is -5.20. The summed E-state index contributed by atoms with van der Waals surface area (Å²) in [6.45, 7) is 0. The van der Waals surface area contributed by atoms with Crippen LogP contribution in [0.3, 0.4) is 0 Å². The van der Waals surface area contributed by atoms with E-state index >= 15 is 0 Å². The van der Waals surface area contributed by atoms with Crippen molar-refractivity contribution >= 4 is 50.7 Å². The van der Waals surface area contributed by atoms with Crippen LogP contribution in [-0.2, 0) is 16.2 Å². The van der Waals surface area contributed by atoms with Crippen LogP contribution in [0.5, 0.6) is 0 Å². The van der Waals surface area contributed by atoms with Gasteiger partial charge in [-0.3, -0.25) is 4.79 Å². The standard InChI is InChI=1S/C16H7Cl3F4N4O3S/c17-7-2-4-11(9(19)5-7)27-14(16(21,22)23)13(24-26-27)15(28)25-31(29,30)12-6-8(18)1-3-10(12)20/h1-6H,(H,25,28). The quantitative estimate of drug-likeness (QED) is 0.514. The topological polar surface area (TPSA) is 93.9 Å². The number of aromatic nitrogens is 3. The molecule has 0 unspecified atom stereocenters. The summed E-state index contributed by atoms with van der Waals surface area (Å²) in [6, 6.07) is 5.88. The zero-order valence-corrected chi connectivity index (χ0v) is 17.7. The molecule has 1 aromatic heterocycles. The van der Waals surface area contributed by atoms with Gasteiger partial charge in [-0.1, -0.05) is 40.0 Å². The van der Waals surface area contributed by atoms with Crippen LogP contribution in [0, 0.1) is 5.82 Å². The predicted octanol–water partition coefficient (Wildman–Crippen LogP) is 4.50. The van der Waals surface area contributed by atoms with Crippen molar-refractivity contribution in [3.63, 3.8) is 0 Å². The molecule has 3 aromatic rings. The molecule has 0 spiro atoms. The minimum Gasteiger partial charge on any atom is -0.266 e. The van der Waals surface area contributed by atoms with Crippen LogP contribution >= 0.6 is 34.8 Å². The van der Waals surface area contributed by atoms with E-state index in [-0.39, 0.29) is 25.4 Å². The summed E-state index contributed by atoms with van der Waals surface area (Å²) >= 11 is 17.2. The maximum absolute atomic E-state index is 13.9. The first-order valence-electron chi connectivity index (χ1n) is 7.82. The summed E-state index contributed by atoms with van der Waals surface area (Å²) < 4.78 is 81.1. The third-order valence-electron chi connectivity index (χ3n) is 3.70. The maximum Gasteiger partial charge on any atom is 0.435 e. The van der Waals surface area contributed by atoms with E-state index in [2.05, 4.69) is 10.3 Å². The molecule has 0 bridgehead atoms. The molecule has 0 aliphatic rings. The zero-order chi connectivity index (χ0) is 23.1. The maximum atomic E-state index is 13.9. The van der Waals surface area contributed by atoms with Crippen molar-refractivity contribution in [3.8, 4) is 5.69 Å². The van der Waals surface area contributed by atoms with Gasteiger partial charge in [-0.15, -0.1) is 5.10 Å². The van der Waals surface area contributed by atoms with Crippen LogP contribution in [0.1, 0.15) is 16.2 Å². The Hall–Kier alpha value is -2.41. The van der Waals surface area contributed by atoms with E-state index in [1.807, 2.05) is 0 Å². The number of halogens is 7. The minimum atomic E-state index is -5.20. The van der Waals surface area contributed by atoms with E-state index in [9.17, 15) is 30.8 Å². The van der Waals surface area contributed by atoms with Crippen molar-refractivity contribution in [2.45, 2.75) is 11.1 Å². The Morgan fingerprint density at radius 1 is 1.03 bits per heavy atom. The SMILES string of the molecule is O=C(NS(=O)(=O)c1cc(Cl)ccc1F)c1nnn(-c2ccc(Cl)cc2Cl)c1C(F)(F)F. The highest BCUT2D eigenvalue weighted by Crippen LogP contribution is 2.35. The molecule has 0 saturated heterocycles. The minimum absolute atomic E-state index is 0.120. The highest BCUT2D eigenvalue weighted by atomic mass is 35.5. The molecule has 0 aliphatic carbocycles. The van der Waals surface area contributed by atoms with Crippen molar-refractivity contribution in [2.24, 2.45) is 0 Å². The smallest absolute Gasteiger partial charge is 0.266 e. The van der Waals surface area contributed by atoms with Crippen molar-refractivity contribution in [3.05, 3.63) is 68.7 Å². The number of nitrogens with zero attached hydrogens (tertiary/aromatic N) is 3. The van der Waals surface area contributed by atoms with Gasteiger partial charge in [0.05, 0.1) is 10.7 Å². The van der Waals surface area contributed by atoms with Gasteiger partial charge >= 0.3 is 6.18 Å². The monoisotopic (exact) mass is 516 g/mol. The zero-order valence-electron chi connectivity index (χ0n) is 14.6. The molecule has 0 aliphatic heterocycles. The lowest BCUT2D eigenvalue weighted by Crippen LogP contribution is -2.33. The van der Waals surface area contributed by atoms with Crippen molar-refractivity contribution in [2.75, 3.05) is 0 Å². The van der Waals surface area contributed by atoms with Gasteiger partial charge in [-0.25, -0.2) is 22.2 Å². The molecule has 1 amide bonds. The largest absolute Gasteiger partial charge is 0.435 e. The van der Waals surface area contributed by atoms with Crippen LogP contribution in [0.4, 0.5) is 17.6 Å². The Labute approximate surface area is 186 Å². The highest BCUT2D eigenvalue weighted by Gasteiger charge is 2.43. The van der Waals surface area contributed by atoms with E-state index < -0.39 is 44.2 Å². The summed E-state index contributed by atoms with van der Waals surface area (Å²) in [7, 11) is -4.94. The number of amides is 1. The van der Waals surface area contributed by atoms with Crippen LogP contribution in [-0.4, -0.2) is 29.3 Å². The van der Waals surface area contributed by atoms with E-state index in [1.165, 1.54) is 10.8 Å². The van der Waals surface area contributed by atoms with Crippen LogP contribution in [0.25, 0.3) is 5.69 Å². The van der Waals surface area contributed by atoms with Gasteiger partial charge in [0.15, 0.2) is 11.4 Å². The second kappa shape index (κ2) is 8.26. The predicted molar refractivity (Wildman–Crippen MR) is 102 cm³/mol. The molecule has 2 aromatic carbocycles. The fraction of sp³-hybridized carbons (Fsp3) is 0.0625. The number of carbonyl (C=O) groups excluding carboxylic acids is 1. The molecular formula is C16H7Cl3F4N4O3S. The number of alkyl halides is 3. The Balaban J connectivity index is 2.08. The average Bonchev–Trinajstić information content (AvgIpc) is 3.08. The van der Waals surface area contributed by atoms with E-state index in [0.29, 0.717) is 12.1 Å². The Bertz CT molecular complexity index is 1300. The molecule has 1 N–H and O–H groups in total. The third-order valence-corrected chi connectivity index (χ3v) is 5.82. The number of benzene rings is 2. The molecule has 15 heteroatoms. The average molecular weight is 518 g/mol. The van der Waals surface area contributed by atoms with Gasteiger partial charge in [-0.2, -0.15) is 13.2 Å². The van der Waals surface area contributed by atoms with E-state index in [0.717, 1.165) is 18.2 Å². The second-order valence-electron chi connectivity index (χ2n) is 5.80. The van der Waals surface area contributed by atoms with Gasteiger partial charge in [0.1, 0.15) is 10.7 Å². The first kappa shape index (κ1) is 23.3. The Kier molecular flexibility index (Phi) is 6.20. The summed E-state index contributed by atoms with van der Waals surface area (Å²) in [5.74, 6) is -3.08. The third kappa shape index (κ3) is 4.76. The Morgan fingerprint density at radius 3 is 2.26 bits per heavy atom.